The van der Waals surface area contributed by atoms with Crippen LogP contribution in [-0.2, 0) is 4.79 Å². The van der Waals surface area contributed by atoms with Crippen molar-refractivity contribution < 1.29 is 4.79 Å². The average Bonchev–Trinajstić information content (AvgIpc) is 2.41. The fourth-order valence-corrected chi connectivity index (χ4v) is 3.43. The zero-order valence-corrected chi connectivity index (χ0v) is 9.55. The number of hydrogen-bond donors (Lipinski definition) is 0. The molecule has 0 bridgehead atoms. The van der Waals surface area contributed by atoms with Crippen LogP contribution < -0.4 is 0 Å². The minimum Gasteiger partial charge on any atom is -0.298 e. The monoisotopic (exact) mass is 195 g/mol. The molecule has 1 aliphatic carbocycles. The van der Waals surface area contributed by atoms with Crippen LogP contribution in [0.15, 0.2) is 0 Å². The smallest absolute Gasteiger partial charge is 0.154 e. The normalized spacial score (nSPS) is 44.9. The van der Waals surface area contributed by atoms with Gasteiger partial charge in [0, 0.05) is 13.0 Å². The van der Waals surface area contributed by atoms with Gasteiger partial charge in [0.05, 0.1) is 5.54 Å². The standard InChI is InChI=1S/C12H21NO/c1-9-4-5-10(2)12(8-9)11(14)6-7-13(12)3/h9-10H,4-8H2,1-3H3. The molecule has 14 heavy (non-hydrogen) atoms. The number of nitrogens with zero attached hydrogens (tertiary/aromatic N) is 1. The molecular formula is C12H21NO. The van der Waals surface area contributed by atoms with Crippen molar-refractivity contribution >= 4 is 5.78 Å². The van der Waals surface area contributed by atoms with E-state index in [2.05, 4.69) is 25.8 Å². The largest absolute Gasteiger partial charge is 0.298 e. The molecule has 0 aromatic rings. The molecule has 2 fully saturated rings. The third-order valence-corrected chi connectivity index (χ3v) is 4.41. The maximum absolute atomic E-state index is 12.1. The maximum atomic E-state index is 12.1. The summed E-state index contributed by atoms with van der Waals surface area (Å²) in [4.78, 5) is 14.4. The summed E-state index contributed by atoms with van der Waals surface area (Å²) in [5.41, 5.74) is -0.0856. The van der Waals surface area contributed by atoms with Gasteiger partial charge in [-0.1, -0.05) is 20.3 Å². The van der Waals surface area contributed by atoms with Gasteiger partial charge >= 0.3 is 0 Å². The van der Waals surface area contributed by atoms with Gasteiger partial charge in [-0.3, -0.25) is 9.69 Å². The van der Waals surface area contributed by atoms with Crippen LogP contribution >= 0.6 is 0 Å². The number of likely N-dealkylation sites (N-methyl/N-ethyl adjacent to an activating group) is 1. The van der Waals surface area contributed by atoms with Crippen LogP contribution in [0.2, 0.25) is 0 Å². The summed E-state index contributed by atoms with van der Waals surface area (Å²) >= 11 is 0. The number of carbonyl (C=O) groups is 1. The number of likely N-dealkylation sites (tertiary alicyclic amines) is 1. The van der Waals surface area contributed by atoms with Gasteiger partial charge < -0.3 is 0 Å². The van der Waals surface area contributed by atoms with Crippen LogP contribution in [0.5, 0.6) is 0 Å². The van der Waals surface area contributed by atoms with Gasteiger partial charge in [0.15, 0.2) is 5.78 Å². The molecule has 1 heterocycles. The summed E-state index contributed by atoms with van der Waals surface area (Å²) in [6.45, 7) is 5.51. The molecule has 3 atom stereocenters. The van der Waals surface area contributed by atoms with Crippen molar-refractivity contribution in [1.82, 2.24) is 4.90 Å². The first-order valence-corrected chi connectivity index (χ1v) is 5.82. The van der Waals surface area contributed by atoms with Crippen molar-refractivity contribution in [3.8, 4) is 0 Å². The predicted molar refractivity (Wildman–Crippen MR) is 57.2 cm³/mol. The SMILES string of the molecule is CC1CCC(C)C2(C1)C(=O)CCN2C. The minimum absolute atomic E-state index is 0.0856. The number of ketones is 1. The quantitative estimate of drug-likeness (QED) is 0.590. The average molecular weight is 195 g/mol. The van der Waals surface area contributed by atoms with Crippen LogP contribution in [0.4, 0.5) is 0 Å². The Kier molecular flexibility index (Phi) is 2.42. The van der Waals surface area contributed by atoms with E-state index in [1.54, 1.807) is 0 Å². The first kappa shape index (κ1) is 10.2. The molecule has 80 valence electrons. The van der Waals surface area contributed by atoms with Crippen molar-refractivity contribution in [2.24, 2.45) is 11.8 Å². The second kappa shape index (κ2) is 3.34. The first-order valence-electron chi connectivity index (χ1n) is 5.82. The molecule has 2 aliphatic rings. The lowest BCUT2D eigenvalue weighted by atomic mass is 9.68. The number of Topliss-reactive ketones (excluding diaryl/α,β-unsaturated/α-hetero) is 1. The Morgan fingerprint density at radius 1 is 1.36 bits per heavy atom. The van der Waals surface area contributed by atoms with Crippen molar-refractivity contribution in [1.29, 1.82) is 0 Å². The van der Waals surface area contributed by atoms with E-state index in [-0.39, 0.29) is 5.54 Å². The molecular weight excluding hydrogens is 174 g/mol. The van der Waals surface area contributed by atoms with Gasteiger partial charge in [0.1, 0.15) is 0 Å². The number of rotatable bonds is 0. The summed E-state index contributed by atoms with van der Waals surface area (Å²) in [7, 11) is 2.12. The zero-order valence-electron chi connectivity index (χ0n) is 9.55. The Morgan fingerprint density at radius 2 is 2.07 bits per heavy atom. The second-order valence-corrected chi connectivity index (χ2v) is 5.31. The zero-order chi connectivity index (χ0) is 10.3. The molecule has 0 radical (unpaired) electrons. The van der Waals surface area contributed by atoms with Crippen LogP contribution in [0.1, 0.15) is 39.5 Å². The van der Waals surface area contributed by atoms with Gasteiger partial charge in [0.25, 0.3) is 0 Å². The maximum Gasteiger partial charge on any atom is 0.154 e. The van der Waals surface area contributed by atoms with E-state index in [9.17, 15) is 4.79 Å². The molecule has 2 nitrogen and oxygen atoms in total. The van der Waals surface area contributed by atoms with E-state index in [1.165, 1.54) is 12.8 Å². The molecule has 1 saturated heterocycles. The minimum atomic E-state index is -0.0856. The van der Waals surface area contributed by atoms with E-state index in [0.717, 1.165) is 25.3 Å². The Bertz CT molecular complexity index is 251. The number of hydrogen-bond acceptors (Lipinski definition) is 2. The van der Waals surface area contributed by atoms with Gasteiger partial charge in [-0.05, 0) is 31.7 Å². The molecule has 2 heteroatoms. The Balaban J connectivity index is 2.30. The molecule has 0 aromatic heterocycles. The first-order chi connectivity index (χ1) is 6.57. The van der Waals surface area contributed by atoms with Crippen molar-refractivity contribution in [3.63, 3.8) is 0 Å². The Morgan fingerprint density at radius 3 is 2.64 bits per heavy atom. The highest BCUT2D eigenvalue weighted by molar-refractivity contribution is 5.91. The Labute approximate surface area is 86.7 Å². The van der Waals surface area contributed by atoms with Gasteiger partial charge in [0.2, 0.25) is 0 Å². The van der Waals surface area contributed by atoms with Crippen molar-refractivity contribution in [2.45, 2.75) is 45.1 Å². The fraction of sp³-hybridized carbons (Fsp3) is 0.917. The second-order valence-electron chi connectivity index (χ2n) is 5.31. The fourth-order valence-electron chi connectivity index (χ4n) is 3.43. The lowest BCUT2D eigenvalue weighted by Crippen LogP contribution is -2.54. The van der Waals surface area contributed by atoms with Crippen LogP contribution in [0.3, 0.4) is 0 Å². The molecule has 0 aromatic carbocycles. The van der Waals surface area contributed by atoms with Gasteiger partial charge in [-0.2, -0.15) is 0 Å². The lowest BCUT2D eigenvalue weighted by Gasteiger charge is -2.45. The van der Waals surface area contributed by atoms with Crippen LogP contribution in [0.25, 0.3) is 0 Å². The molecule has 0 amide bonds. The molecule has 1 saturated carbocycles. The predicted octanol–water partition coefficient (Wildman–Crippen LogP) is 2.09. The molecule has 2 rings (SSSR count). The van der Waals surface area contributed by atoms with Crippen LogP contribution in [-0.4, -0.2) is 29.8 Å². The lowest BCUT2D eigenvalue weighted by molar-refractivity contribution is -0.130. The highest BCUT2D eigenvalue weighted by atomic mass is 16.1. The summed E-state index contributed by atoms with van der Waals surface area (Å²) in [6.07, 6.45) is 4.37. The highest BCUT2D eigenvalue weighted by Gasteiger charge is 2.52. The third kappa shape index (κ3) is 1.23. The Hall–Kier alpha value is -0.370. The van der Waals surface area contributed by atoms with Crippen molar-refractivity contribution in [3.05, 3.63) is 0 Å². The van der Waals surface area contributed by atoms with E-state index in [0.29, 0.717) is 11.7 Å². The van der Waals surface area contributed by atoms with E-state index in [1.807, 2.05) is 0 Å². The summed E-state index contributed by atoms with van der Waals surface area (Å²) in [5.74, 6) is 1.77. The summed E-state index contributed by atoms with van der Waals surface area (Å²) < 4.78 is 0. The van der Waals surface area contributed by atoms with Crippen LogP contribution in [0, 0.1) is 11.8 Å². The molecule has 0 N–H and O–H groups in total. The topological polar surface area (TPSA) is 20.3 Å². The van der Waals surface area contributed by atoms with Gasteiger partial charge in [-0.15, -0.1) is 0 Å². The van der Waals surface area contributed by atoms with E-state index in [4.69, 9.17) is 0 Å². The molecule has 1 spiro atoms. The summed E-state index contributed by atoms with van der Waals surface area (Å²) in [5, 5.41) is 0. The number of carbonyl (C=O) groups excluding carboxylic acids is 1. The van der Waals surface area contributed by atoms with E-state index < -0.39 is 0 Å². The highest BCUT2D eigenvalue weighted by Crippen LogP contribution is 2.44. The summed E-state index contributed by atoms with van der Waals surface area (Å²) in [6, 6.07) is 0. The van der Waals surface area contributed by atoms with Gasteiger partial charge in [-0.25, -0.2) is 0 Å². The van der Waals surface area contributed by atoms with E-state index >= 15 is 0 Å². The molecule has 1 aliphatic heterocycles. The third-order valence-electron chi connectivity index (χ3n) is 4.41. The molecule has 3 unspecified atom stereocenters. The van der Waals surface area contributed by atoms with Crippen molar-refractivity contribution in [2.75, 3.05) is 13.6 Å².